The van der Waals surface area contributed by atoms with E-state index in [2.05, 4.69) is 31.9 Å². The monoisotopic (exact) mass is 648 g/mol. The first-order valence-corrected chi connectivity index (χ1v) is 14.1. The number of hydrogen-bond donors (Lipinski definition) is 3. The van der Waals surface area contributed by atoms with Crippen molar-refractivity contribution in [2.75, 3.05) is 16.4 Å². The van der Waals surface area contributed by atoms with Gasteiger partial charge in [0, 0.05) is 26.7 Å². The molecular formula is C30H22BrFN4O5S. The number of para-hydroxylation sites is 1. The van der Waals surface area contributed by atoms with Crippen LogP contribution in [0.1, 0.15) is 15.9 Å². The summed E-state index contributed by atoms with van der Waals surface area (Å²) in [4.78, 5) is 50.0. The predicted octanol–water partition coefficient (Wildman–Crippen LogP) is 6.64. The Morgan fingerprint density at radius 2 is 1.60 bits per heavy atom. The number of hydrogen-bond acceptors (Lipinski definition) is 6. The van der Waals surface area contributed by atoms with Crippen molar-refractivity contribution in [1.29, 1.82) is 0 Å². The van der Waals surface area contributed by atoms with E-state index in [9.17, 15) is 28.9 Å². The van der Waals surface area contributed by atoms with Crippen molar-refractivity contribution in [2.24, 2.45) is 0 Å². The van der Waals surface area contributed by atoms with Crippen LogP contribution in [-0.2, 0) is 9.59 Å². The van der Waals surface area contributed by atoms with Crippen molar-refractivity contribution in [3.05, 3.63) is 134 Å². The molecule has 3 amide bonds. The molecule has 0 fully saturated rings. The Bertz CT molecular complexity index is 1670. The standard InChI is InChI=1S/C30H22BrFN4O5S/c31-21-10-15-25(24(32)17-21)34-28(37)18-42-23-13-11-22(12-14-23)33-30(39)26(35-29(38)19-6-2-1-3-7-19)16-20-8-4-5-9-27(20)36(40)41/h1-17H,18H2,(H,33,39)(H,34,37)(H,35,38)/b26-16-. The molecule has 42 heavy (non-hydrogen) atoms. The van der Waals surface area contributed by atoms with E-state index in [1.54, 1.807) is 66.7 Å². The van der Waals surface area contributed by atoms with Crippen LogP contribution in [0.3, 0.4) is 0 Å². The van der Waals surface area contributed by atoms with Gasteiger partial charge in [0.1, 0.15) is 11.5 Å². The molecular weight excluding hydrogens is 627 g/mol. The number of nitro benzene ring substituents is 1. The van der Waals surface area contributed by atoms with E-state index < -0.39 is 28.5 Å². The highest BCUT2D eigenvalue weighted by atomic mass is 79.9. The fraction of sp³-hybridized carbons (Fsp3) is 0.0333. The SMILES string of the molecule is O=C(CSc1ccc(NC(=O)/C(=C/c2ccccc2[N+](=O)[O-])NC(=O)c2ccccc2)cc1)Nc1ccc(Br)cc1F. The van der Waals surface area contributed by atoms with Crippen LogP contribution in [0.2, 0.25) is 0 Å². The van der Waals surface area contributed by atoms with Gasteiger partial charge in [-0.25, -0.2) is 4.39 Å². The second-order valence-corrected chi connectivity index (χ2v) is 10.6. The zero-order chi connectivity index (χ0) is 30.1. The molecule has 9 nitrogen and oxygen atoms in total. The van der Waals surface area contributed by atoms with E-state index in [1.807, 2.05) is 0 Å². The largest absolute Gasteiger partial charge is 0.323 e. The first kappa shape index (κ1) is 30.2. The van der Waals surface area contributed by atoms with Gasteiger partial charge in [0.25, 0.3) is 17.5 Å². The number of rotatable bonds is 10. The molecule has 3 N–H and O–H groups in total. The van der Waals surface area contributed by atoms with Gasteiger partial charge in [-0.2, -0.15) is 0 Å². The van der Waals surface area contributed by atoms with Gasteiger partial charge in [0.15, 0.2) is 0 Å². The van der Waals surface area contributed by atoms with Gasteiger partial charge in [-0.1, -0.05) is 46.3 Å². The number of anilines is 2. The van der Waals surface area contributed by atoms with Crippen molar-refractivity contribution in [3.63, 3.8) is 0 Å². The number of benzene rings is 4. The molecule has 212 valence electrons. The summed E-state index contributed by atoms with van der Waals surface area (Å²) in [5.74, 6) is -2.19. The first-order valence-electron chi connectivity index (χ1n) is 12.3. The Labute approximate surface area is 252 Å². The second kappa shape index (κ2) is 14.2. The smallest absolute Gasteiger partial charge is 0.276 e. The summed E-state index contributed by atoms with van der Waals surface area (Å²) < 4.78 is 14.5. The Morgan fingerprint density at radius 3 is 2.29 bits per heavy atom. The number of carbonyl (C=O) groups excluding carboxylic acids is 3. The lowest BCUT2D eigenvalue weighted by Crippen LogP contribution is -2.30. The van der Waals surface area contributed by atoms with Crippen LogP contribution < -0.4 is 16.0 Å². The predicted molar refractivity (Wildman–Crippen MR) is 164 cm³/mol. The number of nitrogens with one attached hydrogen (secondary N) is 3. The van der Waals surface area contributed by atoms with Gasteiger partial charge >= 0.3 is 0 Å². The lowest BCUT2D eigenvalue weighted by Gasteiger charge is -2.12. The quantitative estimate of drug-likeness (QED) is 0.0765. The summed E-state index contributed by atoms with van der Waals surface area (Å²) in [6.07, 6.45) is 1.24. The third-order valence-electron chi connectivity index (χ3n) is 5.65. The summed E-state index contributed by atoms with van der Waals surface area (Å²) in [6, 6.07) is 25.0. The number of nitro groups is 1. The molecule has 4 aromatic carbocycles. The summed E-state index contributed by atoms with van der Waals surface area (Å²) in [5, 5.41) is 19.2. The minimum absolute atomic E-state index is 0.0233. The average Bonchev–Trinajstić information content (AvgIpc) is 2.98. The average molecular weight is 649 g/mol. The maximum absolute atomic E-state index is 14.0. The third kappa shape index (κ3) is 8.35. The number of halogens is 2. The third-order valence-corrected chi connectivity index (χ3v) is 7.15. The Balaban J connectivity index is 1.45. The van der Waals surface area contributed by atoms with Crippen molar-refractivity contribution in [2.45, 2.75) is 4.90 Å². The molecule has 12 heteroatoms. The summed E-state index contributed by atoms with van der Waals surface area (Å²) in [6.45, 7) is 0. The fourth-order valence-corrected chi connectivity index (χ4v) is 4.66. The first-order chi connectivity index (χ1) is 20.2. The number of amides is 3. The molecule has 0 atom stereocenters. The summed E-state index contributed by atoms with van der Waals surface area (Å²) >= 11 is 4.38. The van der Waals surface area contributed by atoms with Crippen molar-refractivity contribution >= 4 is 68.6 Å². The molecule has 4 aromatic rings. The number of thioether (sulfide) groups is 1. The van der Waals surface area contributed by atoms with Crippen LogP contribution in [0.15, 0.2) is 112 Å². The van der Waals surface area contributed by atoms with E-state index in [-0.39, 0.29) is 28.4 Å². The zero-order valence-corrected chi connectivity index (χ0v) is 24.1. The van der Waals surface area contributed by atoms with Crippen LogP contribution in [0.4, 0.5) is 21.5 Å². The molecule has 0 radical (unpaired) electrons. The fourth-order valence-electron chi connectivity index (χ4n) is 3.63. The molecule has 0 aliphatic carbocycles. The Kier molecular flexibility index (Phi) is 10.2. The maximum Gasteiger partial charge on any atom is 0.276 e. The van der Waals surface area contributed by atoms with Crippen LogP contribution in [0.5, 0.6) is 0 Å². The van der Waals surface area contributed by atoms with Crippen molar-refractivity contribution in [1.82, 2.24) is 5.32 Å². The van der Waals surface area contributed by atoms with Crippen molar-refractivity contribution < 1.29 is 23.7 Å². The van der Waals surface area contributed by atoms with E-state index in [4.69, 9.17) is 0 Å². The molecule has 0 saturated carbocycles. The van der Waals surface area contributed by atoms with E-state index >= 15 is 0 Å². The molecule has 0 aromatic heterocycles. The van der Waals surface area contributed by atoms with Crippen molar-refractivity contribution in [3.8, 4) is 0 Å². The highest BCUT2D eigenvalue weighted by molar-refractivity contribution is 9.10. The molecule has 0 spiro atoms. The minimum atomic E-state index is -0.700. The van der Waals surface area contributed by atoms with E-state index in [0.717, 1.165) is 0 Å². The summed E-state index contributed by atoms with van der Waals surface area (Å²) in [5.41, 5.74) is 0.457. The highest BCUT2D eigenvalue weighted by Crippen LogP contribution is 2.24. The van der Waals surface area contributed by atoms with Crippen LogP contribution in [0, 0.1) is 15.9 Å². The highest BCUT2D eigenvalue weighted by Gasteiger charge is 2.18. The molecule has 0 heterocycles. The molecule has 0 aliphatic rings. The van der Waals surface area contributed by atoms with Gasteiger partial charge in [0.05, 0.1) is 21.9 Å². The second-order valence-electron chi connectivity index (χ2n) is 8.63. The summed E-state index contributed by atoms with van der Waals surface area (Å²) in [7, 11) is 0. The molecule has 0 unspecified atom stereocenters. The van der Waals surface area contributed by atoms with Gasteiger partial charge < -0.3 is 16.0 Å². The lowest BCUT2D eigenvalue weighted by atomic mass is 10.1. The van der Waals surface area contributed by atoms with Gasteiger partial charge in [-0.05, 0) is 66.7 Å². The van der Waals surface area contributed by atoms with Gasteiger partial charge in [0.2, 0.25) is 5.91 Å². The van der Waals surface area contributed by atoms with Crippen LogP contribution in [0.25, 0.3) is 6.08 Å². The normalized spacial score (nSPS) is 11.0. The van der Waals surface area contributed by atoms with Gasteiger partial charge in [-0.15, -0.1) is 11.8 Å². The van der Waals surface area contributed by atoms with E-state index in [1.165, 1.54) is 48.2 Å². The number of carbonyl (C=O) groups is 3. The molecule has 4 rings (SSSR count). The van der Waals surface area contributed by atoms with Crippen LogP contribution >= 0.6 is 27.7 Å². The van der Waals surface area contributed by atoms with E-state index in [0.29, 0.717) is 20.6 Å². The topological polar surface area (TPSA) is 130 Å². The molecule has 0 bridgehead atoms. The van der Waals surface area contributed by atoms with Crippen LogP contribution in [-0.4, -0.2) is 28.4 Å². The molecule has 0 saturated heterocycles. The molecule has 0 aliphatic heterocycles. The zero-order valence-electron chi connectivity index (χ0n) is 21.7. The lowest BCUT2D eigenvalue weighted by molar-refractivity contribution is -0.385. The Hall–Kier alpha value is -4.81. The maximum atomic E-state index is 14.0. The minimum Gasteiger partial charge on any atom is -0.323 e. The Morgan fingerprint density at radius 1 is 0.905 bits per heavy atom. The van der Waals surface area contributed by atoms with Gasteiger partial charge in [-0.3, -0.25) is 24.5 Å². The number of nitrogens with zero attached hydrogens (tertiary/aromatic N) is 1.